The molecule has 1 amide bonds. The molecule has 0 bridgehead atoms. The van der Waals surface area contributed by atoms with Crippen LogP contribution in [0.3, 0.4) is 0 Å². The van der Waals surface area contributed by atoms with Crippen molar-refractivity contribution in [2.45, 2.75) is 32.1 Å². The topological polar surface area (TPSA) is 99.0 Å². The minimum absolute atomic E-state index is 0.0800. The molecule has 1 aliphatic rings. The molecule has 4 rings (SSSR count). The van der Waals surface area contributed by atoms with Gasteiger partial charge in [0.2, 0.25) is 12.2 Å². The summed E-state index contributed by atoms with van der Waals surface area (Å²) in [6, 6.07) is 13.5. The zero-order valence-electron chi connectivity index (χ0n) is 20.0. The first-order chi connectivity index (χ1) is 17.5. The Bertz CT molecular complexity index is 1240. The molecule has 0 aliphatic carbocycles. The van der Waals surface area contributed by atoms with Crippen LogP contribution in [0.4, 0.5) is 4.39 Å². The number of para-hydroxylation sites is 1. The van der Waals surface area contributed by atoms with E-state index >= 15 is 0 Å². The summed E-state index contributed by atoms with van der Waals surface area (Å²) in [6.07, 6.45) is 3.26. The van der Waals surface area contributed by atoms with E-state index in [1.165, 1.54) is 19.1 Å². The molecule has 0 saturated carbocycles. The number of aliphatic hydroxyl groups is 1. The average molecular weight is 497 g/mol. The Labute approximate surface area is 208 Å². The maximum Gasteiger partial charge on any atom is 0.286 e. The van der Waals surface area contributed by atoms with Crippen molar-refractivity contribution in [2.24, 2.45) is 0 Å². The van der Waals surface area contributed by atoms with Crippen LogP contribution in [0.15, 0.2) is 66.6 Å². The van der Waals surface area contributed by atoms with Crippen LogP contribution in [-0.2, 0) is 25.5 Å². The number of ether oxygens (including phenoxy) is 3. The summed E-state index contributed by atoms with van der Waals surface area (Å²) in [5.41, 5.74) is 2.42. The van der Waals surface area contributed by atoms with E-state index in [-0.39, 0.29) is 56.4 Å². The molecule has 2 heterocycles. The minimum Gasteiger partial charge on any atom is -0.459 e. The van der Waals surface area contributed by atoms with Crippen LogP contribution < -0.4 is 5.32 Å². The second-order valence-corrected chi connectivity index (χ2v) is 8.43. The Balaban J connectivity index is 1.56. The van der Waals surface area contributed by atoms with Gasteiger partial charge in [0, 0.05) is 37.4 Å². The predicted molar refractivity (Wildman–Crippen MR) is 131 cm³/mol. The highest BCUT2D eigenvalue weighted by atomic mass is 19.1. The normalized spacial score (nSPS) is 17.5. The van der Waals surface area contributed by atoms with E-state index in [2.05, 4.69) is 5.32 Å². The van der Waals surface area contributed by atoms with Crippen LogP contribution in [0, 0.1) is 5.82 Å². The van der Waals surface area contributed by atoms with E-state index in [1.54, 1.807) is 29.0 Å². The van der Waals surface area contributed by atoms with Gasteiger partial charge in [-0.2, -0.15) is 0 Å². The van der Waals surface area contributed by atoms with E-state index in [9.17, 15) is 14.0 Å². The van der Waals surface area contributed by atoms with Crippen molar-refractivity contribution >= 4 is 22.7 Å². The molecular weight excluding hydrogens is 467 g/mol. The smallest absolute Gasteiger partial charge is 0.286 e. The molecule has 190 valence electrons. The van der Waals surface area contributed by atoms with Gasteiger partial charge in [-0.15, -0.1) is 0 Å². The van der Waals surface area contributed by atoms with Gasteiger partial charge in [-0.25, -0.2) is 4.39 Å². The van der Waals surface area contributed by atoms with Crippen molar-refractivity contribution in [3.63, 3.8) is 0 Å². The summed E-state index contributed by atoms with van der Waals surface area (Å²) < 4.78 is 31.7. The summed E-state index contributed by atoms with van der Waals surface area (Å²) in [5.74, 6) is -1.03. The van der Waals surface area contributed by atoms with Gasteiger partial charge >= 0.3 is 0 Å². The first-order valence-corrected chi connectivity index (χ1v) is 11.8. The van der Waals surface area contributed by atoms with Crippen molar-refractivity contribution in [1.82, 2.24) is 9.88 Å². The van der Waals surface area contributed by atoms with E-state index in [4.69, 9.17) is 19.3 Å². The summed E-state index contributed by atoms with van der Waals surface area (Å²) in [4.78, 5) is 25.2. The lowest BCUT2D eigenvalue weighted by Gasteiger charge is -2.29. The molecule has 0 fully saturated rings. The highest BCUT2D eigenvalue weighted by Gasteiger charge is 2.30. The van der Waals surface area contributed by atoms with Gasteiger partial charge in [0.05, 0.1) is 31.9 Å². The number of carbonyl (C=O) groups excluding carboxylic acids is 2. The summed E-state index contributed by atoms with van der Waals surface area (Å²) in [6.45, 7) is 2.32. The second-order valence-electron chi connectivity index (χ2n) is 8.43. The zero-order chi connectivity index (χ0) is 25.5. The summed E-state index contributed by atoms with van der Waals surface area (Å²) in [5, 5.41) is 12.6. The van der Waals surface area contributed by atoms with Crippen LogP contribution in [0.2, 0.25) is 0 Å². The fourth-order valence-corrected chi connectivity index (χ4v) is 4.17. The number of allylic oxidation sites excluding steroid dienone is 1. The number of nitrogens with zero attached hydrogens (tertiary/aromatic N) is 1. The summed E-state index contributed by atoms with van der Waals surface area (Å²) >= 11 is 0. The van der Waals surface area contributed by atoms with Crippen molar-refractivity contribution in [3.05, 3.63) is 83.5 Å². The van der Waals surface area contributed by atoms with Crippen LogP contribution >= 0.6 is 0 Å². The van der Waals surface area contributed by atoms with Gasteiger partial charge in [-0.3, -0.25) is 14.2 Å². The number of hydrogen-bond donors (Lipinski definition) is 2. The zero-order valence-corrected chi connectivity index (χ0v) is 20.0. The first kappa shape index (κ1) is 25.6. The van der Waals surface area contributed by atoms with Crippen molar-refractivity contribution in [3.8, 4) is 0 Å². The third-order valence-electron chi connectivity index (χ3n) is 5.90. The molecular formula is C27H29FN2O6. The number of aliphatic hydroxyl groups excluding tert-OH is 1. The molecule has 2 aromatic carbocycles. The number of hydrogen-bond acceptors (Lipinski definition) is 6. The fourth-order valence-electron chi connectivity index (χ4n) is 4.17. The fraction of sp³-hybridized carbons (Fsp3) is 0.333. The molecule has 3 aromatic rings. The van der Waals surface area contributed by atoms with Crippen molar-refractivity contribution < 1.29 is 33.3 Å². The third-order valence-corrected chi connectivity index (χ3v) is 5.90. The lowest BCUT2D eigenvalue weighted by atomic mass is 9.92. The quantitative estimate of drug-likeness (QED) is 0.417. The average Bonchev–Trinajstić information content (AvgIpc) is 3.28. The van der Waals surface area contributed by atoms with E-state index in [1.807, 2.05) is 24.3 Å². The number of amides is 1. The van der Waals surface area contributed by atoms with Gasteiger partial charge in [0.15, 0.2) is 5.76 Å². The van der Waals surface area contributed by atoms with Gasteiger partial charge in [0.1, 0.15) is 5.82 Å². The highest BCUT2D eigenvalue weighted by Crippen LogP contribution is 2.36. The van der Waals surface area contributed by atoms with Gasteiger partial charge in [-0.1, -0.05) is 30.3 Å². The van der Waals surface area contributed by atoms with Crippen LogP contribution in [-0.4, -0.2) is 54.2 Å². The highest BCUT2D eigenvalue weighted by molar-refractivity contribution is 5.95. The number of rotatable bonds is 10. The lowest BCUT2D eigenvalue weighted by molar-refractivity contribution is -0.151. The molecule has 1 aliphatic heterocycles. The molecule has 0 unspecified atom stereocenters. The van der Waals surface area contributed by atoms with E-state index in [0.717, 1.165) is 22.0 Å². The van der Waals surface area contributed by atoms with Crippen LogP contribution in [0.5, 0.6) is 0 Å². The number of fused-ring (bicyclic) bond motifs is 1. The number of halogens is 1. The Morgan fingerprint density at radius 1 is 1.14 bits per heavy atom. The molecule has 0 saturated heterocycles. The van der Waals surface area contributed by atoms with Crippen molar-refractivity contribution in [2.75, 3.05) is 26.4 Å². The second kappa shape index (κ2) is 11.9. The predicted octanol–water partition coefficient (Wildman–Crippen LogP) is 3.50. The molecule has 0 radical (unpaired) electrons. The molecule has 9 heteroatoms. The molecule has 1 aromatic heterocycles. The number of aromatic nitrogens is 1. The standard InChI is InChI=1S/C27H29FN2O6/c1-18(32)30-17-23(22-4-2-3-5-24(22)30)20-14-25(36-26(15-20)35-13-12-34-11-10-31)27(33)29-16-19-6-8-21(28)9-7-19/h2-9,14,17,20,26,31H,10-13,15-16H2,1H3,(H,29,33)/t20-,26+/m0/s1. The van der Waals surface area contributed by atoms with E-state index in [0.29, 0.717) is 6.42 Å². The molecule has 8 nitrogen and oxygen atoms in total. The van der Waals surface area contributed by atoms with Gasteiger partial charge in [0.25, 0.3) is 5.91 Å². The largest absolute Gasteiger partial charge is 0.459 e. The number of benzene rings is 2. The first-order valence-electron chi connectivity index (χ1n) is 11.8. The Kier molecular flexibility index (Phi) is 8.48. The monoisotopic (exact) mass is 496 g/mol. The third kappa shape index (κ3) is 6.17. The minimum atomic E-state index is -0.719. The maximum absolute atomic E-state index is 13.2. The SMILES string of the molecule is CC(=O)n1cc([C@H]2C=C(C(=O)NCc3ccc(F)cc3)O[C@@H](OCCOCCO)C2)c2ccccc21. The van der Waals surface area contributed by atoms with Crippen LogP contribution in [0.1, 0.15) is 35.2 Å². The van der Waals surface area contributed by atoms with Gasteiger partial charge in [-0.05, 0) is 35.4 Å². The lowest BCUT2D eigenvalue weighted by Crippen LogP contribution is -2.33. The molecule has 2 atom stereocenters. The summed E-state index contributed by atoms with van der Waals surface area (Å²) in [7, 11) is 0. The molecule has 36 heavy (non-hydrogen) atoms. The van der Waals surface area contributed by atoms with Crippen molar-refractivity contribution in [1.29, 1.82) is 0 Å². The number of carbonyl (C=O) groups is 2. The molecule has 0 spiro atoms. The van der Waals surface area contributed by atoms with Gasteiger partial charge < -0.3 is 24.6 Å². The Morgan fingerprint density at radius 2 is 1.92 bits per heavy atom. The number of nitrogens with one attached hydrogen (secondary N) is 1. The Hall–Kier alpha value is -3.53. The van der Waals surface area contributed by atoms with Crippen LogP contribution in [0.25, 0.3) is 10.9 Å². The van der Waals surface area contributed by atoms with E-state index < -0.39 is 12.2 Å². The Morgan fingerprint density at radius 3 is 2.67 bits per heavy atom. The molecule has 2 N–H and O–H groups in total. The maximum atomic E-state index is 13.2.